The third kappa shape index (κ3) is 4.32. The summed E-state index contributed by atoms with van der Waals surface area (Å²) in [6.07, 6.45) is 0.573. The zero-order valence-corrected chi connectivity index (χ0v) is 12.2. The molecule has 4 unspecified atom stereocenters. The molecule has 2 saturated heterocycles. The Balaban J connectivity index is 0.000000512. The van der Waals surface area contributed by atoms with Gasteiger partial charge in [0.1, 0.15) is 0 Å². The fraction of sp³-hybridized carbons (Fsp3) is 0.750. The van der Waals surface area contributed by atoms with Crippen molar-refractivity contribution in [2.45, 2.75) is 25.0 Å². The number of aliphatic carboxylic acids is 2. The SMILES string of the molecule is O=C(O)C1C2CCC(O2)C1C(=O)O.[Na+].[O-][Cl+2]([O-])[O-]. The van der Waals surface area contributed by atoms with Crippen LogP contribution in [0, 0.1) is 22.6 Å². The first-order chi connectivity index (χ1) is 7.84. The number of fused-ring (bicyclic) bond motifs is 2. The van der Waals surface area contributed by atoms with E-state index in [1.165, 1.54) is 0 Å². The van der Waals surface area contributed by atoms with Crippen LogP contribution in [0.25, 0.3) is 0 Å². The summed E-state index contributed by atoms with van der Waals surface area (Å²) in [5.74, 6) is -3.81. The number of carboxylic acid groups (broad SMARTS) is 2. The van der Waals surface area contributed by atoms with Crippen LogP contribution >= 0.6 is 0 Å². The van der Waals surface area contributed by atoms with E-state index in [0.29, 0.717) is 12.8 Å². The minimum Gasteiger partial charge on any atom is -0.481 e. The first-order valence-corrected chi connectivity index (χ1v) is 5.61. The molecule has 10 heteroatoms. The molecule has 2 fully saturated rings. The number of ether oxygens (including phenoxy) is 1. The summed E-state index contributed by atoms with van der Waals surface area (Å²) in [6.45, 7) is 0. The fourth-order valence-electron chi connectivity index (χ4n) is 2.31. The van der Waals surface area contributed by atoms with E-state index in [0.717, 1.165) is 0 Å². The van der Waals surface area contributed by atoms with Crippen molar-refractivity contribution in [2.75, 3.05) is 0 Å². The van der Waals surface area contributed by atoms with E-state index in [1.54, 1.807) is 0 Å². The summed E-state index contributed by atoms with van der Waals surface area (Å²) in [6, 6.07) is 0. The molecule has 98 valence electrons. The van der Waals surface area contributed by atoms with Crippen LogP contribution in [0.4, 0.5) is 0 Å². The van der Waals surface area contributed by atoms with Crippen molar-refractivity contribution < 1.29 is 78.9 Å². The van der Waals surface area contributed by atoms with Crippen LogP contribution in [0.2, 0.25) is 0 Å². The van der Waals surface area contributed by atoms with Crippen molar-refractivity contribution >= 4 is 11.9 Å². The van der Waals surface area contributed by atoms with Gasteiger partial charge in [0.15, 0.2) is 0 Å². The van der Waals surface area contributed by atoms with Gasteiger partial charge in [0, 0.05) is 0 Å². The molecular weight excluding hydrogens is 283 g/mol. The molecule has 2 aliphatic heterocycles. The standard InChI is InChI=1S/C8H10O5.ClO3.Na/c9-7(10)5-3-1-2-4(13-3)6(5)8(11)12;2-1(3)4;/h3-6H,1-2H2,(H,9,10)(H,11,12);;/q;-1;+1. The Morgan fingerprint density at radius 3 is 1.50 bits per heavy atom. The number of carboxylic acids is 2. The van der Waals surface area contributed by atoms with Gasteiger partial charge in [-0.15, -0.1) is 0 Å². The van der Waals surface area contributed by atoms with E-state index in [4.69, 9.17) is 28.9 Å². The molecule has 0 amide bonds. The Morgan fingerprint density at radius 2 is 1.28 bits per heavy atom. The number of hydrogen-bond donors (Lipinski definition) is 2. The van der Waals surface area contributed by atoms with E-state index < -0.39 is 34.6 Å². The van der Waals surface area contributed by atoms with E-state index in [2.05, 4.69) is 0 Å². The number of carbonyl (C=O) groups is 2. The summed E-state index contributed by atoms with van der Waals surface area (Å²) in [5.41, 5.74) is 0. The molecular formula is C8H10ClNaO8. The third-order valence-corrected chi connectivity index (χ3v) is 2.84. The zero-order chi connectivity index (χ0) is 13.2. The van der Waals surface area contributed by atoms with E-state index in [1.807, 2.05) is 0 Å². The molecule has 0 saturated carbocycles. The second kappa shape index (κ2) is 7.61. The van der Waals surface area contributed by atoms with Crippen molar-refractivity contribution in [3.8, 4) is 0 Å². The molecule has 2 rings (SSSR count). The molecule has 0 spiro atoms. The molecule has 0 aromatic rings. The molecule has 2 N–H and O–H groups in total. The van der Waals surface area contributed by atoms with Gasteiger partial charge in [-0.3, -0.25) is 9.59 Å². The summed E-state index contributed by atoms with van der Waals surface area (Å²) in [7, 11) is -2.85. The molecule has 0 aliphatic carbocycles. The summed E-state index contributed by atoms with van der Waals surface area (Å²) in [4.78, 5) is 21.5. The van der Waals surface area contributed by atoms with Crippen LogP contribution in [-0.2, 0) is 14.3 Å². The quantitative estimate of drug-likeness (QED) is 0.476. The number of rotatable bonds is 2. The third-order valence-electron chi connectivity index (χ3n) is 2.84. The monoisotopic (exact) mass is 292 g/mol. The predicted molar refractivity (Wildman–Crippen MR) is 40.1 cm³/mol. The molecule has 2 bridgehead atoms. The molecule has 2 heterocycles. The van der Waals surface area contributed by atoms with E-state index in [9.17, 15) is 9.59 Å². The maximum Gasteiger partial charge on any atom is 1.00 e. The summed E-state index contributed by atoms with van der Waals surface area (Å²) >= 11 is 0. The first kappa shape index (κ1) is 18.1. The topological polar surface area (TPSA) is 153 Å². The zero-order valence-electron chi connectivity index (χ0n) is 9.45. The van der Waals surface area contributed by atoms with Crippen LogP contribution in [0.3, 0.4) is 0 Å². The van der Waals surface area contributed by atoms with Crippen LogP contribution in [0.5, 0.6) is 0 Å². The summed E-state index contributed by atoms with van der Waals surface area (Å²) < 4.78 is 30.5. The minimum absolute atomic E-state index is 0. The van der Waals surface area contributed by atoms with E-state index in [-0.39, 0.29) is 41.8 Å². The Morgan fingerprint density at radius 1 is 1.00 bits per heavy atom. The molecule has 2 aliphatic rings. The van der Waals surface area contributed by atoms with Crippen molar-refractivity contribution in [1.82, 2.24) is 0 Å². The maximum atomic E-state index is 10.8. The van der Waals surface area contributed by atoms with Gasteiger partial charge in [-0.05, 0) is 12.8 Å². The van der Waals surface area contributed by atoms with Gasteiger partial charge in [0.2, 0.25) is 0 Å². The van der Waals surface area contributed by atoms with E-state index >= 15 is 0 Å². The minimum atomic E-state index is -2.85. The molecule has 4 atom stereocenters. The second-order valence-electron chi connectivity index (χ2n) is 3.71. The van der Waals surface area contributed by atoms with Crippen LogP contribution < -0.4 is 43.5 Å². The smallest absolute Gasteiger partial charge is 0.481 e. The van der Waals surface area contributed by atoms with Crippen LogP contribution in [0.1, 0.15) is 12.8 Å². The summed E-state index contributed by atoms with van der Waals surface area (Å²) in [5, 5.41) is 17.6. The van der Waals surface area contributed by atoms with Crippen molar-refractivity contribution in [1.29, 1.82) is 0 Å². The largest absolute Gasteiger partial charge is 1.00 e. The van der Waals surface area contributed by atoms with Gasteiger partial charge in [0.25, 0.3) is 0 Å². The van der Waals surface area contributed by atoms with Crippen LogP contribution in [-0.4, -0.2) is 34.4 Å². The van der Waals surface area contributed by atoms with Gasteiger partial charge in [-0.1, -0.05) is 0 Å². The number of halogens is 1. The van der Waals surface area contributed by atoms with Crippen molar-refractivity contribution in [3.63, 3.8) is 0 Å². The van der Waals surface area contributed by atoms with Gasteiger partial charge >= 0.3 is 41.5 Å². The number of hydrogen-bond acceptors (Lipinski definition) is 6. The average molecular weight is 293 g/mol. The molecule has 0 aromatic carbocycles. The second-order valence-corrected chi connectivity index (χ2v) is 4.09. The molecule has 18 heavy (non-hydrogen) atoms. The predicted octanol–water partition coefficient (Wildman–Crippen LogP) is -6.61. The average Bonchev–Trinajstić information content (AvgIpc) is 2.74. The van der Waals surface area contributed by atoms with Crippen molar-refractivity contribution in [2.24, 2.45) is 11.8 Å². The van der Waals surface area contributed by atoms with Crippen molar-refractivity contribution in [3.05, 3.63) is 0 Å². The van der Waals surface area contributed by atoms with Crippen LogP contribution in [0.15, 0.2) is 0 Å². The molecule has 0 aromatic heterocycles. The van der Waals surface area contributed by atoms with Gasteiger partial charge in [-0.2, -0.15) is 0 Å². The first-order valence-electron chi connectivity index (χ1n) is 4.68. The normalized spacial score (nSPS) is 32.4. The Hall–Kier alpha value is 0.0700. The molecule has 0 radical (unpaired) electrons. The fourth-order valence-corrected chi connectivity index (χ4v) is 2.31. The van der Waals surface area contributed by atoms with Gasteiger partial charge in [-0.25, -0.2) is 0 Å². The Labute approximate surface area is 127 Å². The molecule has 8 nitrogen and oxygen atoms in total. The maximum absolute atomic E-state index is 10.8. The Kier molecular flexibility index (Phi) is 7.64. The van der Waals surface area contributed by atoms with Gasteiger partial charge in [0.05, 0.1) is 34.8 Å². The van der Waals surface area contributed by atoms with Gasteiger partial charge < -0.3 is 28.9 Å². The Bertz CT molecular complexity index is 283.